The average molecular weight is 275 g/mol. The van der Waals surface area contributed by atoms with Crippen LogP contribution in [0.25, 0.3) is 11.0 Å². The minimum atomic E-state index is 0.289. The predicted molar refractivity (Wildman–Crippen MR) is 60.6 cm³/mol. The lowest BCUT2D eigenvalue weighted by Gasteiger charge is -2.05. The molecule has 5 heteroatoms. The van der Waals surface area contributed by atoms with Gasteiger partial charge in [0.2, 0.25) is 0 Å². The minimum Gasteiger partial charge on any atom is -0.244 e. The molecule has 0 saturated heterocycles. The molecule has 0 aliphatic carbocycles. The number of rotatable bonds is 1. The lowest BCUT2D eigenvalue weighted by molar-refractivity contribution is 0.543. The van der Waals surface area contributed by atoms with Gasteiger partial charge in [-0.1, -0.05) is 11.6 Å². The first-order valence-electron chi connectivity index (χ1n) is 4.29. The van der Waals surface area contributed by atoms with E-state index in [-0.39, 0.29) is 6.04 Å². The molecule has 74 valence electrons. The van der Waals surface area contributed by atoms with Gasteiger partial charge in [0.25, 0.3) is 0 Å². The molecule has 0 unspecified atom stereocenters. The van der Waals surface area contributed by atoms with Crippen LogP contribution in [-0.4, -0.2) is 14.8 Å². The third-order valence-electron chi connectivity index (χ3n) is 1.96. The summed E-state index contributed by atoms with van der Waals surface area (Å²) in [5.74, 6) is 0. The fourth-order valence-corrected chi connectivity index (χ4v) is 1.94. The molecule has 0 aliphatic rings. The van der Waals surface area contributed by atoms with Gasteiger partial charge in [-0.25, -0.2) is 9.67 Å². The van der Waals surface area contributed by atoms with Gasteiger partial charge in [-0.15, -0.1) is 0 Å². The van der Waals surface area contributed by atoms with Crippen LogP contribution in [0.15, 0.2) is 16.9 Å². The number of halogens is 2. The zero-order chi connectivity index (χ0) is 10.3. The molecule has 0 fully saturated rings. The van der Waals surface area contributed by atoms with Gasteiger partial charge in [-0.05, 0) is 35.8 Å². The Morgan fingerprint density at radius 3 is 2.86 bits per heavy atom. The molecule has 0 spiro atoms. The Kier molecular flexibility index (Phi) is 2.49. The monoisotopic (exact) mass is 273 g/mol. The van der Waals surface area contributed by atoms with E-state index in [4.69, 9.17) is 11.6 Å². The van der Waals surface area contributed by atoms with Crippen molar-refractivity contribution >= 4 is 38.6 Å². The summed E-state index contributed by atoms with van der Waals surface area (Å²) in [6.07, 6.45) is 1.64. The number of fused-ring (bicyclic) bond motifs is 1. The molecule has 2 heterocycles. The summed E-state index contributed by atoms with van der Waals surface area (Å²) in [7, 11) is 0. The standard InChI is InChI=1S/C9H9BrClN3/c1-5(2)14-9-7(8(10)13-14)3-6(11)4-12-9/h3-5H,1-2H3. The van der Waals surface area contributed by atoms with Crippen molar-refractivity contribution in [2.45, 2.75) is 19.9 Å². The molecule has 0 N–H and O–H groups in total. The minimum absolute atomic E-state index is 0.289. The summed E-state index contributed by atoms with van der Waals surface area (Å²) in [5, 5.41) is 5.92. The van der Waals surface area contributed by atoms with E-state index in [0.29, 0.717) is 5.02 Å². The first-order valence-corrected chi connectivity index (χ1v) is 5.46. The van der Waals surface area contributed by atoms with Gasteiger partial charge in [-0.2, -0.15) is 5.10 Å². The van der Waals surface area contributed by atoms with Crippen LogP contribution in [-0.2, 0) is 0 Å². The second-order valence-electron chi connectivity index (χ2n) is 3.35. The number of hydrogen-bond donors (Lipinski definition) is 0. The zero-order valence-electron chi connectivity index (χ0n) is 7.83. The van der Waals surface area contributed by atoms with Crippen LogP contribution in [0.3, 0.4) is 0 Å². The van der Waals surface area contributed by atoms with Crippen LogP contribution in [0.5, 0.6) is 0 Å². The summed E-state index contributed by atoms with van der Waals surface area (Å²) < 4.78 is 2.66. The van der Waals surface area contributed by atoms with Crippen molar-refractivity contribution in [2.24, 2.45) is 0 Å². The van der Waals surface area contributed by atoms with E-state index in [1.807, 2.05) is 10.7 Å². The highest BCUT2D eigenvalue weighted by atomic mass is 79.9. The second kappa shape index (κ2) is 3.51. The van der Waals surface area contributed by atoms with Crippen molar-refractivity contribution in [3.63, 3.8) is 0 Å². The molecule has 0 aliphatic heterocycles. The summed E-state index contributed by atoms with van der Waals surface area (Å²) in [6.45, 7) is 4.13. The summed E-state index contributed by atoms with van der Waals surface area (Å²) in [5.41, 5.74) is 0.858. The van der Waals surface area contributed by atoms with E-state index in [1.54, 1.807) is 6.20 Å². The highest BCUT2D eigenvalue weighted by Crippen LogP contribution is 2.26. The van der Waals surface area contributed by atoms with E-state index in [1.165, 1.54) is 0 Å². The molecule has 0 amide bonds. The van der Waals surface area contributed by atoms with Gasteiger partial charge in [0, 0.05) is 12.2 Å². The van der Waals surface area contributed by atoms with Crippen molar-refractivity contribution in [2.75, 3.05) is 0 Å². The van der Waals surface area contributed by atoms with E-state index >= 15 is 0 Å². The highest BCUT2D eigenvalue weighted by Gasteiger charge is 2.11. The number of pyridine rings is 1. The Morgan fingerprint density at radius 2 is 2.21 bits per heavy atom. The van der Waals surface area contributed by atoms with Crippen molar-refractivity contribution in [3.05, 3.63) is 21.9 Å². The molecular formula is C9H9BrClN3. The fraction of sp³-hybridized carbons (Fsp3) is 0.333. The molecule has 3 nitrogen and oxygen atoms in total. The number of nitrogens with zero attached hydrogens (tertiary/aromatic N) is 3. The molecule has 0 saturated carbocycles. The topological polar surface area (TPSA) is 30.7 Å². The maximum Gasteiger partial charge on any atom is 0.159 e. The van der Waals surface area contributed by atoms with Crippen LogP contribution in [0.4, 0.5) is 0 Å². The van der Waals surface area contributed by atoms with Crippen molar-refractivity contribution in [1.82, 2.24) is 14.8 Å². The van der Waals surface area contributed by atoms with Gasteiger partial charge < -0.3 is 0 Å². The summed E-state index contributed by atoms with van der Waals surface area (Å²) in [4.78, 5) is 4.26. The van der Waals surface area contributed by atoms with Crippen LogP contribution < -0.4 is 0 Å². The summed E-state index contributed by atoms with van der Waals surface area (Å²) >= 11 is 9.25. The van der Waals surface area contributed by atoms with Crippen molar-refractivity contribution < 1.29 is 0 Å². The third-order valence-corrected chi connectivity index (χ3v) is 2.75. The Bertz CT molecular complexity index is 478. The second-order valence-corrected chi connectivity index (χ2v) is 4.54. The first kappa shape index (κ1) is 9.93. The van der Waals surface area contributed by atoms with Crippen LogP contribution >= 0.6 is 27.5 Å². The number of aromatic nitrogens is 3. The smallest absolute Gasteiger partial charge is 0.159 e. The Morgan fingerprint density at radius 1 is 1.50 bits per heavy atom. The van der Waals surface area contributed by atoms with E-state index < -0.39 is 0 Å². The van der Waals surface area contributed by atoms with Crippen LogP contribution in [0.1, 0.15) is 19.9 Å². The Hall–Kier alpha value is -0.610. The normalized spacial score (nSPS) is 11.5. The molecule has 0 aromatic carbocycles. The lowest BCUT2D eigenvalue weighted by Crippen LogP contribution is -2.03. The molecule has 14 heavy (non-hydrogen) atoms. The quantitative estimate of drug-likeness (QED) is 0.797. The first-order chi connectivity index (χ1) is 6.59. The Labute approximate surface area is 95.2 Å². The van der Waals surface area contributed by atoms with E-state index in [2.05, 4.69) is 39.9 Å². The van der Waals surface area contributed by atoms with Crippen LogP contribution in [0.2, 0.25) is 5.02 Å². The van der Waals surface area contributed by atoms with E-state index in [9.17, 15) is 0 Å². The van der Waals surface area contributed by atoms with Gasteiger partial charge in [0.15, 0.2) is 5.65 Å². The molecule has 0 radical (unpaired) electrons. The fourth-order valence-electron chi connectivity index (χ4n) is 1.32. The molecule has 0 atom stereocenters. The van der Waals surface area contributed by atoms with Gasteiger partial charge in [-0.3, -0.25) is 0 Å². The molecule has 2 aromatic rings. The molecule has 2 aromatic heterocycles. The van der Waals surface area contributed by atoms with Crippen LogP contribution in [0, 0.1) is 0 Å². The number of hydrogen-bond acceptors (Lipinski definition) is 2. The summed E-state index contributed by atoms with van der Waals surface area (Å²) in [6, 6.07) is 2.15. The van der Waals surface area contributed by atoms with Crippen molar-refractivity contribution in [1.29, 1.82) is 0 Å². The maximum absolute atomic E-state index is 5.86. The molecule has 2 rings (SSSR count). The van der Waals surface area contributed by atoms with Gasteiger partial charge in [0.05, 0.1) is 10.4 Å². The highest BCUT2D eigenvalue weighted by molar-refractivity contribution is 9.10. The SMILES string of the molecule is CC(C)n1nc(Br)c2cc(Cl)cnc21. The average Bonchev–Trinajstić information content (AvgIpc) is 2.44. The van der Waals surface area contributed by atoms with Gasteiger partial charge in [0.1, 0.15) is 4.60 Å². The predicted octanol–water partition coefficient (Wildman–Crippen LogP) is 3.43. The van der Waals surface area contributed by atoms with E-state index in [0.717, 1.165) is 15.6 Å². The lowest BCUT2D eigenvalue weighted by atomic mass is 10.3. The maximum atomic E-state index is 5.86. The molecular weight excluding hydrogens is 265 g/mol. The largest absolute Gasteiger partial charge is 0.244 e. The Balaban J connectivity index is 2.77. The molecule has 0 bridgehead atoms. The zero-order valence-corrected chi connectivity index (χ0v) is 10.2. The van der Waals surface area contributed by atoms with Gasteiger partial charge >= 0.3 is 0 Å². The third kappa shape index (κ3) is 1.53. The van der Waals surface area contributed by atoms with Crippen molar-refractivity contribution in [3.8, 4) is 0 Å².